The lowest BCUT2D eigenvalue weighted by Crippen LogP contribution is -2.37. The number of benzene rings is 2. The number of non-ortho nitro benzene ring substituents is 1. The van der Waals surface area contributed by atoms with Crippen LogP contribution < -0.4 is 19.8 Å². The van der Waals surface area contributed by atoms with Gasteiger partial charge in [-0.25, -0.2) is 14.8 Å². The first-order valence-corrected chi connectivity index (χ1v) is 11.7. The van der Waals surface area contributed by atoms with Gasteiger partial charge in [0.25, 0.3) is 5.69 Å². The molecule has 0 unspecified atom stereocenters. The summed E-state index contributed by atoms with van der Waals surface area (Å²) in [6, 6.07) is 6.19. The van der Waals surface area contributed by atoms with Crippen LogP contribution in [0.3, 0.4) is 0 Å². The minimum Gasteiger partial charge on any atom is -0.493 e. The maximum Gasteiger partial charge on any atom is 0.318 e. The summed E-state index contributed by atoms with van der Waals surface area (Å²) in [6.07, 6.45) is 2.48. The number of hydrogen-bond acceptors (Lipinski definition) is 12. The fourth-order valence-corrected chi connectivity index (χ4v) is 3.99. The van der Waals surface area contributed by atoms with Crippen molar-refractivity contribution in [1.29, 1.82) is 0 Å². The summed E-state index contributed by atoms with van der Waals surface area (Å²) >= 11 is 3.35. The summed E-state index contributed by atoms with van der Waals surface area (Å²) in [5.41, 5.74) is 2.15. The number of nitrogens with one attached hydrogen (secondary N) is 1. The molecule has 1 N–H and O–H groups in total. The molecule has 2 heterocycles. The van der Waals surface area contributed by atoms with Crippen molar-refractivity contribution in [2.45, 2.75) is 0 Å². The monoisotopic (exact) mass is 591 g/mol. The van der Waals surface area contributed by atoms with Crippen molar-refractivity contribution in [2.75, 3.05) is 43.7 Å². The van der Waals surface area contributed by atoms with Crippen molar-refractivity contribution in [3.63, 3.8) is 0 Å². The highest BCUT2D eigenvalue weighted by Gasteiger charge is 2.23. The van der Waals surface area contributed by atoms with Crippen LogP contribution in [-0.4, -0.2) is 59.4 Å². The molecule has 1 aliphatic heterocycles. The number of nitrogens with zero attached hydrogens (tertiary/aromatic N) is 6. The number of nitro groups is 2. The smallest absolute Gasteiger partial charge is 0.318 e. The number of methoxy groups -OCH3 is 1. The Bertz CT molecular complexity index is 1400. The van der Waals surface area contributed by atoms with Crippen LogP contribution in [0.25, 0.3) is 0 Å². The van der Waals surface area contributed by atoms with E-state index in [1.54, 1.807) is 17.0 Å². The first-order chi connectivity index (χ1) is 18.3. The van der Waals surface area contributed by atoms with Gasteiger partial charge in [0.05, 0.1) is 53.1 Å². The summed E-state index contributed by atoms with van der Waals surface area (Å²) in [6.45, 7) is 1.94. The van der Waals surface area contributed by atoms with Crippen LogP contribution in [-0.2, 0) is 4.74 Å². The average molecular weight is 592 g/mol. The van der Waals surface area contributed by atoms with Crippen LogP contribution in [0.1, 0.15) is 5.56 Å². The van der Waals surface area contributed by atoms with Crippen LogP contribution in [0, 0.1) is 26.0 Å². The lowest BCUT2D eigenvalue weighted by atomic mass is 10.2. The second kappa shape index (κ2) is 11.7. The van der Waals surface area contributed by atoms with Crippen LogP contribution in [0.2, 0.25) is 0 Å². The highest BCUT2D eigenvalue weighted by Crippen LogP contribution is 2.42. The molecule has 38 heavy (non-hydrogen) atoms. The van der Waals surface area contributed by atoms with E-state index >= 15 is 0 Å². The van der Waals surface area contributed by atoms with Crippen molar-refractivity contribution in [1.82, 2.24) is 9.97 Å². The van der Waals surface area contributed by atoms with E-state index in [4.69, 9.17) is 14.2 Å². The van der Waals surface area contributed by atoms with Crippen LogP contribution in [0.5, 0.6) is 17.2 Å². The SMILES string of the molecule is COc1cc(/C=N\Nc2ncc(F)c(N3CCOCC3)n2)cc(Br)c1Oc1ccc([N+](=O)[O-])cc1[N+](=O)[O-]. The van der Waals surface area contributed by atoms with E-state index in [1.807, 2.05) is 0 Å². The first-order valence-electron chi connectivity index (χ1n) is 10.9. The molecule has 0 amide bonds. The Hall–Kier alpha value is -4.44. The minimum absolute atomic E-state index is 0.0839. The zero-order valence-corrected chi connectivity index (χ0v) is 21.3. The molecule has 1 aliphatic rings. The van der Waals surface area contributed by atoms with Gasteiger partial charge in [-0.3, -0.25) is 20.2 Å². The topological polar surface area (TPSA) is 167 Å². The third-order valence-electron chi connectivity index (χ3n) is 5.23. The van der Waals surface area contributed by atoms with Crippen molar-refractivity contribution in [2.24, 2.45) is 5.10 Å². The van der Waals surface area contributed by atoms with E-state index in [-0.39, 0.29) is 29.0 Å². The van der Waals surface area contributed by atoms with Gasteiger partial charge < -0.3 is 19.1 Å². The minimum atomic E-state index is -0.780. The Labute approximate surface area is 222 Å². The van der Waals surface area contributed by atoms with Gasteiger partial charge in [0.2, 0.25) is 11.7 Å². The van der Waals surface area contributed by atoms with E-state index in [0.717, 1.165) is 24.4 Å². The van der Waals surface area contributed by atoms with Gasteiger partial charge in [0.1, 0.15) is 0 Å². The molecule has 0 bridgehead atoms. The van der Waals surface area contributed by atoms with Gasteiger partial charge in [0, 0.05) is 19.2 Å². The Morgan fingerprint density at radius 2 is 1.95 bits per heavy atom. The largest absolute Gasteiger partial charge is 0.493 e. The number of ether oxygens (including phenoxy) is 3. The van der Waals surface area contributed by atoms with Gasteiger partial charge in [-0.1, -0.05) is 0 Å². The van der Waals surface area contributed by atoms with E-state index in [1.165, 1.54) is 13.3 Å². The Morgan fingerprint density at radius 3 is 2.63 bits per heavy atom. The molecule has 4 rings (SSSR count). The maximum absolute atomic E-state index is 14.2. The van der Waals surface area contributed by atoms with Gasteiger partial charge in [-0.15, -0.1) is 0 Å². The Balaban J connectivity index is 1.53. The van der Waals surface area contributed by atoms with E-state index < -0.39 is 27.0 Å². The summed E-state index contributed by atoms with van der Waals surface area (Å²) in [7, 11) is 1.37. The predicted octanol–water partition coefficient (Wildman–Crippen LogP) is 4.28. The zero-order valence-electron chi connectivity index (χ0n) is 19.7. The van der Waals surface area contributed by atoms with Gasteiger partial charge in [-0.2, -0.15) is 10.1 Å². The van der Waals surface area contributed by atoms with Crippen molar-refractivity contribution < 1.29 is 28.4 Å². The summed E-state index contributed by atoms with van der Waals surface area (Å²) in [5.74, 6) is -0.244. The first kappa shape index (κ1) is 26.6. The highest BCUT2D eigenvalue weighted by atomic mass is 79.9. The number of nitro benzene ring substituents is 2. The maximum atomic E-state index is 14.2. The van der Waals surface area contributed by atoms with E-state index in [9.17, 15) is 24.6 Å². The summed E-state index contributed by atoms with van der Waals surface area (Å²) in [5, 5.41) is 26.5. The average Bonchev–Trinajstić information content (AvgIpc) is 2.91. The zero-order chi connectivity index (χ0) is 27.2. The fraction of sp³-hybridized carbons (Fsp3) is 0.227. The van der Waals surface area contributed by atoms with Crippen LogP contribution >= 0.6 is 15.9 Å². The summed E-state index contributed by atoms with van der Waals surface area (Å²) in [4.78, 5) is 30.7. The molecular formula is C22H19BrFN7O7. The Morgan fingerprint density at radius 1 is 1.18 bits per heavy atom. The number of hydrogen-bond donors (Lipinski definition) is 1. The van der Waals surface area contributed by atoms with Crippen molar-refractivity contribution in [3.8, 4) is 17.2 Å². The second-order valence-corrected chi connectivity index (χ2v) is 8.49. The number of hydrazone groups is 1. The quantitative estimate of drug-likeness (QED) is 0.214. The molecule has 1 saturated heterocycles. The molecule has 0 spiro atoms. The van der Waals surface area contributed by atoms with E-state index in [2.05, 4.69) is 36.4 Å². The van der Waals surface area contributed by atoms with Crippen molar-refractivity contribution in [3.05, 3.63) is 72.6 Å². The third kappa shape index (κ3) is 6.09. The van der Waals surface area contributed by atoms with Crippen molar-refractivity contribution >= 4 is 45.3 Å². The van der Waals surface area contributed by atoms with Gasteiger partial charge >= 0.3 is 5.69 Å². The molecular weight excluding hydrogens is 573 g/mol. The van der Waals surface area contributed by atoms with E-state index in [0.29, 0.717) is 36.3 Å². The molecule has 0 saturated carbocycles. The third-order valence-corrected chi connectivity index (χ3v) is 5.82. The van der Waals surface area contributed by atoms with Gasteiger partial charge in [0.15, 0.2) is 23.1 Å². The summed E-state index contributed by atoms with van der Waals surface area (Å²) < 4.78 is 30.9. The molecule has 198 valence electrons. The van der Waals surface area contributed by atoms with Crippen LogP contribution in [0.15, 0.2) is 46.1 Å². The fourth-order valence-electron chi connectivity index (χ4n) is 3.45. The lowest BCUT2D eigenvalue weighted by Gasteiger charge is -2.27. The number of rotatable bonds is 9. The predicted molar refractivity (Wildman–Crippen MR) is 137 cm³/mol. The van der Waals surface area contributed by atoms with Crippen LogP contribution in [0.4, 0.5) is 27.5 Å². The normalized spacial score (nSPS) is 13.4. The second-order valence-electron chi connectivity index (χ2n) is 7.64. The number of morpholine rings is 1. The molecule has 0 aliphatic carbocycles. The number of halogens is 2. The van der Waals surface area contributed by atoms with Gasteiger partial charge in [-0.05, 0) is 39.7 Å². The molecule has 1 aromatic heterocycles. The number of anilines is 2. The molecule has 2 aromatic carbocycles. The Kier molecular flexibility index (Phi) is 8.22. The molecule has 14 nitrogen and oxygen atoms in total. The molecule has 16 heteroatoms. The lowest BCUT2D eigenvalue weighted by molar-refractivity contribution is -0.394. The molecule has 3 aromatic rings. The molecule has 0 atom stereocenters. The molecule has 0 radical (unpaired) electrons. The molecule has 1 fully saturated rings. The highest BCUT2D eigenvalue weighted by molar-refractivity contribution is 9.10. The standard InChI is InChI=1S/C22H19BrFN7O7/c1-36-19-9-13(11-26-28-22-25-12-16(24)21(27-22)29-4-6-37-7-5-29)8-15(23)20(19)38-18-3-2-14(30(32)33)10-17(18)31(34)35/h2-3,8-12H,4-7H2,1H3,(H,25,27,28)/b26-11-. The number of aromatic nitrogens is 2.